The number of phenols is 2. The predicted molar refractivity (Wildman–Crippen MR) is 255 cm³/mol. The molecule has 0 spiro atoms. The third-order valence-electron chi connectivity index (χ3n) is 15.7. The van der Waals surface area contributed by atoms with E-state index in [9.17, 15) is 40.5 Å². The van der Waals surface area contributed by atoms with Gasteiger partial charge in [0.2, 0.25) is 0 Å². The van der Waals surface area contributed by atoms with Crippen molar-refractivity contribution in [2.75, 3.05) is 0 Å². The van der Waals surface area contributed by atoms with Gasteiger partial charge in [-0.25, -0.2) is 4.79 Å². The van der Waals surface area contributed by atoms with Gasteiger partial charge in [0.05, 0.1) is 70.7 Å². The van der Waals surface area contributed by atoms with E-state index in [1.165, 1.54) is 31.2 Å². The summed E-state index contributed by atoms with van der Waals surface area (Å²) in [4.78, 5) is 34.0. The summed E-state index contributed by atoms with van der Waals surface area (Å²) in [7, 11) is 0. The molecule has 3 aromatic carbocycles. The number of aliphatic hydroxyl groups excluding tert-OH is 3. The molecule has 0 amide bonds. The molecule has 1 aromatic heterocycles. The number of phenolic OH excluding ortho intramolecular Hbond substituents is 2. The van der Waals surface area contributed by atoms with Crippen LogP contribution in [0.4, 0.5) is 5.69 Å². The van der Waals surface area contributed by atoms with Crippen molar-refractivity contribution < 1.29 is 82.9 Å². The van der Waals surface area contributed by atoms with Gasteiger partial charge in [0.15, 0.2) is 36.5 Å². The minimum Gasteiger partial charge on any atom is -0.507 e. The molecule has 0 radical (unpaired) electrons. The van der Waals surface area contributed by atoms with Gasteiger partial charge in [-0.05, 0) is 71.7 Å². The number of aliphatic hydroxyl groups is 5. The largest absolute Gasteiger partial charge is 0.507 e. The van der Waals surface area contributed by atoms with Gasteiger partial charge >= 0.3 is 5.63 Å². The minimum absolute atomic E-state index is 0.0407. The van der Waals surface area contributed by atoms with Crippen LogP contribution in [-0.4, -0.2) is 145 Å². The average Bonchev–Trinajstić information content (AvgIpc) is 3.74. The van der Waals surface area contributed by atoms with Gasteiger partial charge in [-0.2, -0.15) is 0 Å². The number of Topliss-reactive ketones (excluding diaryl/α,β-unsaturated/α-hetero) is 1. The highest BCUT2D eigenvalue weighted by atomic mass is 16.7. The summed E-state index contributed by atoms with van der Waals surface area (Å²) in [6.07, 6.45) is -5.38. The van der Waals surface area contributed by atoms with Crippen LogP contribution in [0.25, 0.3) is 33.4 Å². The van der Waals surface area contributed by atoms with Crippen LogP contribution in [0.2, 0.25) is 0 Å². The lowest BCUT2D eigenvalue weighted by Crippen LogP contribution is -2.67. The quantitative estimate of drug-likeness (QED) is 0.124. The lowest BCUT2D eigenvalue weighted by Gasteiger charge is -2.54. The van der Waals surface area contributed by atoms with E-state index in [4.69, 9.17) is 42.3 Å². The second-order valence-electron chi connectivity index (χ2n) is 20.9. The van der Waals surface area contributed by atoms with E-state index in [1.54, 1.807) is 33.1 Å². The zero-order valence-electron chi connectivity index (χ0n) is 40.5. The highest BCUT2D eigenvalue weighted by molar-refractivity contribution is 6.21. The number of nitrogens with zero attached hydrogens (tertiary/aromatic N) is 1. The standard InChI is InChI=1S/C53H61NO18/c1-23-34(68-40-18-33(56)46(58)25(3)66-40)12-14-38(64-23)70-36-19-41(67-26(4)47(36)59)69-35-13-15-39(65-24(35)2)72-53-37(57)20-51(5,62)22-52(53,63)17-16-29-45(53)49-43-28(10-11-32(55)44(43)48(29)60)42(50(61)71-49)30-21-54-31-9-7-6-8-27(30)31/h6-11,16-17,21,23-26,33-36,38-41,46-47,55-56,58-60,62-63H,12-15,18-20,22H2,1-5H3/b42-30-/t23-,24+,25+,26-,33+,34-,35+,36-,38-,39+,40-,41+,46+,47-,51+,52+,53+/m1/s1. The number of ketones is 1. The first kappa shape index (κ1) is 49.5. The highest BCUT2D eigenvalue weighted by Crippen LogP contribution is 2.58. The summed E-state index contributed by atoms with van der Waals surface area (Å²) in [6, 6.07) is 10.1. The normalized spacial score (nSPS) is 40.6. The van der Waals surface area contributed by atoms with E-state index in [2.05, 4.69) is 4.99 Å². The van der Waals surface area contributed by atoms with E-state index in [-0.39, 0.29) is 69.2 Å². The van der Waals surface area contributed by atoms with Crippen molar-refractivity contribution in [1.29, 1.82) is 0 Å². The maximum absolute atomic E-state index is 15.0. The predicted octanol–water partition coefficient (Wildman–Crippen LogP) is 3.63. The molecule has 7 N–H and O–H groups in total. The van der Waals surface area contributed by atoms with Crippen LogP contribution in [0.1, 0.15) is 103 Å². The molecular weight excluding hydrogens is 939 g/mol. The Morgan fingerprint density at radius 1 is 0.722 bits per heavy atom. The lowest BCUT2D eigenvalue weighted by atomic mass is 9.59. The van der Waals surface area contributed by atoms with Gasteiger partial charge in [0, 0.05) is 77.8 Å². The van der Waals surface area contributed by atoms with Crippen molar-refractivity contribution in [2.45, 2.75) is 189 Å². The summed E-state index contributed by atoms with van der Waals surface area (Å²) in [5.74, 6) is -1.55. The Morgan fingerprint density at radius 2 is 1.36 bits per heavy atom. The monoisotopic (exact) mass is 999 g/mol. The molecule has 7 aliphatic rings. The molecule has 72 heavy (non-hydrogen) atoms. The fourth-order valence-electron chi connectivity index (χ4n) is 12.1. The summed E-state index contributed by atoms with van der Waals surface area (Å²) >= 11 is 0. The number of carbonyl (C=O) groups is 1. The maximum Gasteiger partial charge on any atom is 0.344 e. The minimum atomic E-state index is -2.42. The number of hydrogen-bond donors (Lipinski definition) is 7. The van der Waals surface area contributed by atoms with Crippen molar-refractivity contribution in [3.63, 3.8) is 0 Å². The van der Waals surface area contributed by atoms with Crippen LogP contribution in [0, 0.1) is 0 Å². The molecule has 1 saturated carbocycles. The smallest absolute Gasteiger partial charge is 0.344 e. The van der Waals surface area contributed by atoms with Crippen LogP contribution < -0.4 is 10.8 Å². The van der Waals surface area contributed by atoms with E-state index in [0.29, 0.717) is 36.1 Å². The number of aliphatic imine (C=N–C) groups is 1. The maximum atomic E-state index is 15.0. The number of para-hydroxylation sites is 1. The number of fused-ring (bicyclic) bond motifs is 5. The van der Waals surface area contributed by atoms with Crippen molar-refractivity contribution in [2.24, 2.45) is 4.99 Å². The van der Waals surface area contributed by atoms with Crippen molar-refractivity contribution in [1.82, 2.24) is 0 Å². The van der Waals surface area contributed by atoms with E-state index < -0.39 is 127 Å². The molecule has 6 heterocycles. The first-order valence-corrected chi connectivity index (χ1v) is 24.9. The molecule has 19 heteroatoms. The summed E-state index contributed by atoms with van der Waals surface area (Å²) in [6.45, 7) is 8.44. The summed E-state index contributed by atoms with van der Waals surface area (Å²) in [5, 5.41) is 79.8. The van der Waals surface area contributed by atoms with Crippen LogP contribution in [-0.2, 0) is 48.3 Å². The van der Waals surface area contributed by atoms with E-state index >= 15 is 4.79 Å². The molecule has 19 nitrogen and oxygen atoms in total. The number of ether oxygens (including phenoxy) is 8. The molecule has 5 fully saturated rings. The van der Waals surface area contributed by atoms with Crippen LogP contribution >= 0.6 is 0 Å². The molecule has 11 rings (SSSR count). The molecular formula is C53H61NO18. The second kappa shape index (κ2) is 18.3. The van der Waals surface area contributed by atoms with Crippen molar-refractivity contribution in [3.05, 3.63) is 74.8 Å². The number of hydrogen-bond acceptors (Lipinski definition) is 19. The van der Waals surface area contributed by atoms with Crippen molar-refractivity contribution in [3.8, 4) is 11.5 Å². The summed E-state index contributed by atoms with van der Waals surface area (Å²) < 4.78 is 56.7. The Kier molecular flexibility index (Phi) is 12.6. The van der Waals surface area contributed by atoms with Crippen LogP contribution in [0.15, 0.2) is 56.7 Å². The highest BCUT2D eigenvalue weighted by Gasteiger charge is 2.67. The Hall–Kier alpha value is -4.71. The molecule has 386 valence electrons. The molecule has 0 bridgehead atoms. The topological polar surface area (TPSA) is 275 Å². The zero-order chi connectivity index (χ0) is 50.8. The molecule has 5 aliphatic heterocycles. The van der Waals surface area contributed by atoms with E-state index in [0.717, 1.165) is 0 Å². The first-order valence-electron chi connectivity index (χ1n) is 24.9. The lowest BCUT2D eigenvalue weighted by molar-refractivity contribution is -0.333. The second-order valence-corrected chi connectivity index (χ2v) is 20.9. The third kappa shape index (κ3) is 8.21. The third-order valence-corrected chi connectivity index (χ3v) is 15.7. The summed E-state index contributed by atoms with van der Waals surface area (Å²) in [5.41, 5.74) is -5.87. The molecule has 4 aromatic rings. The number of carbonyl (C=O) groups excluding carboxylic acids is 1. The number of aromatic hydroxyl groups is 2. The fourth-order valence-corrected chi connectivity index (χ4v) is 12.1. The van der Waals surface area contributed by atoms with Crippen molar-refractivity contribution >= 4 is 51.1 Å². The Labute approximate surface area is 413 Å². The van der Waals surface area contributed by atoms with Gasteiger partial charge in [-0.15, -0.1) is 0 Å². The first-order chi connectivity index (χ1) is 34.3. The Bertz CT molecular complexity index is 2960. The van der Waals surface area contributed by atoms with Gasteiger partial charge in [-0.3, -0.25) is 9.79 Å². The number of benzene rings is 3. The van der Waals surface area contributed by atoms with Gasteiger partial charge in [-0.1, -0.05) is 24.3 Å². The van der Waals surface area contributed by atoms with Gasteiger partial charge in [0.1, 0.15) is 34.9 Å². The molecule has 4 saturated heterocycles. The zero-order valence-corrected chi connectivity index (χ0v) is 40.5. The van der Waals surface area contributed by atoms with Crippen LogP contribution in [0.3, 0.4) is 0 Å². The van der Waals surface area contributed by atoms with Crippen LogP contribution in [0.5, 0.6) is 11.5 Å². The van der Waals surface area contributed by atoms with Gasteiger partial charge in [0.25, 0.3) is 0 Å². The van der Waals surface area contributed by atoms with E-state index in [1.807, 2.05) is 25.1 Å². The molecule has 17 atom stereocenters. The Morgan fingerprint density at radius 3 is 2.07 bits per heavy atom. The molecule has 0 unspecified atom stereocenters. The van der Waals surface area contributed by atoms with Gasteiger partial charge < -0.3 is 78.1 Å². The fraction of sp³-hybridized carbons (Fsp3) is 0.566. The average molecular weight is 1000 g/mol. The molecule has 2 aliphatic carbocycles. The Balaban J connectivity index is 0.846. The SMILES string of the molecule is C[C@@H]1O[C@H](O[C@@H]2CC[C@@H](O[C@@H]3C[C@H](O[C@H]4CC[C@H](O[C@]56C(=O)C[C@](C)(O)C[C@@]5(O)C=Cc5c6c6oc(=O)/c(=C7/C=Nc8ccccc87)c7ccc(O)c(c5O)c67)O[C@H]4C)O[C@H](C)[C@H]3O)O[C@@H]2C)C[C@H](O)[C@H]1O. The number of rotatable bonds is 8.